The van der Waals surface area contributed by atoms with Gasteiger partial charge in [-0.05, 0) is 50.8 Å². The summed E-state index contributed by atoms with van der Waals surface area (Å²) < 4.78 is 2.13. The topological polar surface area (TPSA) is 46.8 Å². The maximum Gasteiger partial charge on any atom is 0.163 e. The van der Waals surface area contributed by atoms with Gasteiger partial charge in [-0.25, -0.2) is 0 Å². The molecule has 0 bridgehead atoms. The van der Waals surface area contributed by atoms with Crippen LogP contribution in [0.5, 0.6) is 0 Å². The van der Waals surface area contributed by atoms with Gasteiger partial charge in [0.25, 0.3) is 0 Å². The molecule has 0 saturated carbocycles. The second kappa shape index (κ2) is 6.92. The first-order valence-electron chi connectivity index (χ1n) is 9.13. The number of rotatable bonds is 4. The second-order valence-electron chi connectivity index (χ2n) is 7.01. The molecule has 0 spiro atoms. The fraction of sp³-hybridized carbons (Fsp3) is 0.450. The Morgan fingerprint density at radius 2 is 2.20 bits per heavy atom. The molecular weight excluding hydrogens is 310 g/mol. The van der Waals surface area contributed by atoms with Gasteiger partial charge in [-0.1, -0.05) is 24.3 Å². The third kappa shape index (κ3) is 3.16. The van der Waals surface area contributed by atoms with E-state index in [1.807, 2.05) is 12.3 Å². The molecule has 0 aliphatic heterocycles. The Labute approximate surface area is 149 Å². The molecule has 0 amide bonds. The fourth-order valence-electron chi connectivity index (χ4n) is 3.88. The van der Waals surface area contributed by atoms with Crippen molar-refractivity contribution in [1.29, 1.82) is 0 Å². The van der Waals surface area contributed by atoms with Crippen molar-refractivity contribution in [3.05, 3.63) is 59.5 Å². The van der Waals surface area contributed by atoms with Crippen molar-refractivity contribution in [2.45, 2.75) is 44.7 Å². The SMILES string of the molecule is CN(Cc1nnc(C2=CCCC=C2)n1C)C1CCCc2cccnc21. The summed E-state index contributed by atoms with van der Waals surface area (Å²) >= 11 is 0. The van der Waals surface area contributed by atoms with E-state index in [0.717, 1.165) is 43.9 Å². The van der Waals surface area contributed by atoms with E-state index >= 15 is 0 Å². The molecule has 25 heavy (non-hydrogen) atoms. The molecule has 2 aromatic rings. The van der Waals surface area contributed by atoms with Crippen molar-refractivity contribution in [2.75, 3.05) is 7.05 Å². The number of allylic oxidation sites excluding steroid dienone is 4. The van der Waals surface area contributed by atoms with E-state index in [1.165, 1.54) is 23.3 Å². The molecule has 1 unspecified atom stereocenters. The number of nitrogens with zero attached hydrogens (tertiary/aromatic N) is 5. The Bertz CT molecular complexity index is 817. The molecule has 2 heterocycles. The van der Waals surface area contributed by atoms with Crippen LogP contribution in [0.25, 0.3) is 5.57 Å². The third-order valence-electron chi connectivity index (χ3n) is 5.31. The summed E-state index contributed by atoms with van der Waals surface area (Å²) in [5, 5.41) is 8.89. The van der Waals surface area contributed by atoms with Gasteiger partial charge in [0.2, 0.25) is 0 Å². The zero-order valence-corrected chi connectivity index (χ0v) is 15.0. The molecule has 1 atom stereocenters. The molecule has 2 aliphatic carbocycles. The third-order valence-corrected chi connectivity index (χ3v) is 5.31. The molecule has 130 valence electrons. The average molecular weight is 335 g/mol. The summed E-state index contributed by atoms with van der Waals surface area (Å²) in [4.78, 5) is 7.03. The normalized spacial score (nSPS) is 19.8. The summed E-state index contributed by atoms with van der Waals surface area (Å²) in [5.74, 6) is 1.96. The van der Waals surface area contributed by atoms with Crippen LogP contribution in [0.3, 0.4) is 0 Å². The van der Waals surface area contributed by atoms with E-state index in [1.54, 1.807) is 0 Å². The largest absolute Gasteiger partial charge is 0.313 e. The van der Waals surface area contributed by atoms with E-state index in [4.69, 9.17) is 0 Å². The molecule has 0 saturated heterocycles. The van der Waals surface area contributed by atoms with Gasteiger partial charge >= 0.3 is 0 Å². The maximum atomic E-state index is 4.66. The lowest BCUT2D eigenvalue weighted by molar-refractivity contribution is 0.202. The number of hydrogen-bond donors (Lipinski definition) is 0. The minimum Gasteiger partial charge on any atom is -0.313 e. The Morgan fingerprint density at radius 3 is 3.04 bits per heavy atom. The van der Waals surface area contributed by atoms with Crippen LogP contribution >= 0.6 is 0 Å². The minimum atomic E-state index is 0.360. The van der Waals surface area contributed by atoms with Crippen LogP contribution in [0.1, 0.15) is 54.6 Å². The van der Waals surface area contributed by atoms with E-state index in [0.29, 0.717) is 6.04 Å². The molecule has 0 fully saturated rings. The molecule has 5 heteroatoms. The standard InChI is InChI=1S/C20H25N5/c1-24(17-12-6-10-15-11-7-13-21-19(15)17)14-18-22-23-20(25(18)2)16-8-4-3-5-9-16/h4,7-9,11,13,17H,3,5-6,10,12,14H2,1-2H3. The first-order valence-corrected chi connectivity index (χ1v) is 9.13. The lowest BCUT2D eigenvalue weighted by Gasteiger charge is -2.31. The molecule has 0 N–H and O–H groups in total. The van der Waals surface area contributed by atoms with E-state index in [9.17, 15) is 0 Å². The number of hydrogen-bond acceptors (Lipinski definition) is 4. The Balaban J connectivity index is 1.54. The van der Waals surface area contributed by atoms with Crippen LogP contribution < -0.4 is 0 Å². The molecular formula is C20H25N5. The van der Waals surface area contributed by atoms with Gasteiger partial charge < -0.3 is 4.57 Å². The van der Waals surface area contributed by atoms with Crippen molar-refractivity contribution < 1.29 is 0 Å². The van der Waals surface area contributed by atoms with Crippen molar-refractivity contribution in [3.63, 3.8) is 0 Å². The lowest BCUT2D eigenvalue weighted by Crippen LogP contribution is -2.29. The van der Waals surface area contributed by atoms with Crippen LogP contribution in [-0.2, 0) is 20.0 Å². The Hall–Kier alpha value is -2.27. The van der Waals surface area contributed by atoms with Crippen molar-refractivity contribution in [1.82, 2.24) is 24.6 Å². The molecule has 2 aliphatic rings. The smallest absolute Gasteiger partial charge is 0.163 e. The highest BCUT2D eigenvalue weighted by Gasteiger charge is 2.26. The molecule has 5 nitrogen and oxygen atoms in total. The first kappa shape index (κ1) is 16.2. The average Bonchev–Trinajstić information content (AvgIpc) is 3.02. The fourth-order valence-corrected chi connectivity index (χ4v) is 3.88. The van der Waals surface area contributed by atoms with Crippen LogP contribution in [0.4, 0.5) is 0 Å². The van der Waals surface area contributed by atoms with Gasteiger partial charge in [-0.2, -0.15) is 0 Å². The van der Waals surface area contributed by atoms with E-state index in [-0.39, 0.29) is 0 Å². The highest BCUT2D eigenvalue weighted by atomic mass is 15.3. The predicted octanol–water partition coefficient (Wildman–Crippen LogP) is 3.45. The number of fused-ring (bicyclic) bond motifs is 1. The summed E-state index contributed by atoms with van der Waals surface area (Å²) in [6.07, 6.45) is 14.2. The van der Waals surface area contributed by atoms with E-state index < -0.39 is 0 Å². The number of pyridine rings is 1. The summed E-state index contributed by atoms with van der Waals surface area (Å²) in [5.41, 5.74) is 3.80. The molecule has 4 rings (SSSR count). The van der Waals surface area contributed by atoms with Gasteiger partial charge in [-0.3, -0.25) is 9.88 Å². The maximum absolute atomic E-state index is 4.66. The zero-order chi connectivity index (χ0) is 17.2. The van der Waals surface area contributed by atoms with Crippen LogP contribution in [0.2, 0.25) is 0 Å². The first-order chi connectivity index (χ1) is 12.2. The van der Waals surface area contributed by atoms with Gasteiger partial charge in [0.1, 0.15) is 5.82 Å². The Kier molecular flexibility index (Phi) is 4.49. The predicted molar refractivity (Wildman–Crippen MR) is 98.7 cm³/mol. The van der Waals surface area contributed by atoms with E-state index in [2.05, 4.69) is 63.0 Å². The zero-order valence-electron chi connectivity index (χ0n) is 15.0. The molecule has 2 aromatic heterocycles. The van der Waals surface area contributed by atoms with Crippen molar-refractivity contribution in [2.24, 2.45) is 7.05 Å². The summed E-state index contributed by atoms with van der Waals surface area (Å²) in [6.45, 7) is 0.779. The van der Waals surface area contributed by atoms with Gasteiger partial charge in [0.05, 0.1) is 18.3 Å². The minimum absolute atomic E-state index is 0.360. The van der Waals surface area contributed by atoms with Crippen molar-refractivity contribution in [3.8, 4) is 0 Å². The Morgan fingerprint density at radius 1 is 1.28 bits per heavy atom. The molecule has 0 aromatic carbocycles. The summed E-state index contributed by atoms with van der Waals surface area (Å²) in [7, 11) is 4.23. The highest BCUT2D eigenvalue weighted by molar-refractivity contribution is 5.70. The van der Waals surface area contributed by atoms with Gasteiger partial charge in [0.15, 0.2) is 5.82 Å². The van der Waals surface area contributed by atoms with Crippen molar-refractivity contribution >= 4 is 5.57 Å². The van der Waals surface area contributed by atoms with Crippen LogP contribution in [0.15, 0.2) is 36.6 Å². The highest BCUT2D eigenvalue weighted by Crippen LogP contribution is 2.32. The quantitative estimate of drug-likeness (QED) is 0.858. The second-order valence-corrected chi connectivity index (χ2v) is 7.01. The van der Waals surface area contributed by atoms with Gasteiger partial charge in [0, 0.05) is 18.8 Å². The number of aromatic nitrogens is 4. The summed E-state index contributed by atoms with van der Waals surface area (Å²) in [6, 6.07) is 4.62. The molecule has 0 radical (unpaired) electrons. The monoisotopic (exact) mass is 335 g/mol. The van der Waals surface area contributed by atoms with Gasteiger partial charge in [-0.15, -0.1) is 10.2 Å². The lowest BCUT2D eigenvalue weighted by atomic mass is 9.91. The van der Waals surface area contributed by atoms with Crippen LogP contribution in [-0.4, -0.2) is 31.7 Å². The number of aryl methyl sites for hydroxylation is 1. The van der Waals surface area contributed by atoms with Crippen LogP contribution in [0, 0.1) is 0 Å².